The summed E-state index contributed by atoms with van der Waals surface area (Å²) in [6.07, 6.45) is -9.42. The first-order chi connectivity index (χ1) is 16.9. The fourth-order valence-corrected chi connectivity index (χ4v) is 2.98. The molecule has 0 aromatic heterocycles. The van der Waals surface area contributed by atoms with Crippen LogP contribution < -0.4 is 15.5 Å². The quantitative estimate of drug-likeness (QED) is 0.165. The number of amides is 2. The van der Waals surface area contributed by atoms with Gasteiger partial charge >= 0.3 is 18.6 Å². The lowest BCUT2D eigenvalue weighted by atomic mass is 10.00. The number of anilines is 1. The molecule has 3 aromatic rings. The van der Waals surface area contributed by atoms with Gasteiger partial charge in [0.25, 0.3) is 0 Å². The van der Waals surface area contributed by atoms with Crippen LogP contribution in [-0.4, -0.2) is 18.1 Å². The summed E-state index contributed by atoms with van der Waals surface area (Å²) in [6, 6.07) is 14.1. The number of alkyl halides is 6. The summed E-state index contributed by atoms with van der Waals surface area (Å²) in [5, 5.41) is 6.32. The van der Waals surface area contributed by atoms with Crippen LogP contribution in [0.4, 0.5) is 42.5 Å². The number of ether oxygens (including phenoxy) is 1. The van der Waals surface area contributed by atoms with Crippen molar-refractivity contribution in [3.05, 3.63) is 101 Å². The Kier molecular flexibility index (Phi) is 7.83. The van der Waals surface area contributed by atoms with E-state index in [4.69, 9.17) is 6.57 Å². The van der Waals surface area contributed by atoms with Crippen molar-refractivity contribution >= 4 is 23.1 Å². The third kappa shape index (κ3) is 7.76. The van der Waals surface area contributed by atoms with Crippen molar-refractivity contribution in [3.8, 4) is 5.75 Å². The maximum atomic E-state index is 13.2. The Labute approximate surface area is 201 Å². The number of nitrogens with zero attached hydrogens (tertiary/aromatic N) is 2. The molecule has 0 aliphatic heterocycles. The second-order valence-corrected chi connectivity index (χ2v) is 7.23. The monoisotopic (exact) mass is 506 g/mol. The zero-order chi connectivity index (χ0) is 26.3. The third-order valence-corrected chi connectivity index (χ3v) is 4.60. The molecule has 0 spiro atoms. The van der Waals surface area contributed by atoms with Crippen molar-refractivity contribution in [2.45, 2.75) is 19.0 Å². The van der Waals surface area contributed by atoms with Crippen LogP contribution in [0.25, 0.3) is 4.85 Å². The number of benzene rings is 3. The molecule has 0 radical (unpaired) electrons. The van der Waals surface area contributed by atoms with Crippen molar-refractivity contribution in [1.29, 1.82) is 0 Å². The average molecular weight is 506 g/mol. The first kappa shape index (κ1) is 26.1. The smallest absolute Gasteiger partial charge is 0.406 e. The predicted molar refractivity (Wildman–Crippen MR) is 120 cm³/mol. The first-order valence-corrected chi connectivity index (χ1v) is 10.1. The SMILES string of the molecule is [C-]#[N+]c1ccc(CC(=NNC(=O)Nc2ccc(OC(F)(F)F)cc2)c2cccc(C(F)(F)F)c2)cc1. The maximum Gasteiger partial charge on any atom is 0.573 e. The normalized spacial score (nSPS) is 12.0. The molecule has 0 aliphatic carbocycles. The molecule has 0 saturated heterocycles. The van der Waals surface area contributed by atoms with Crippen LogP contribution in [0.1, 0.15) is 16.7 Å². The van der Waals surface area contributed by atoms with Crippen molar-refractivity contribution < 1.29 is 35.9 Å². The van der Waals surface area contributed by atoms with Gasteiger partial charge < -0.3 is 10.1 Å². The van der Waals surface area contributed by atoms with Crippen LogP contribution in [0, 0.1) is 6.57 Å². The Balaban J connectivity index is 1.79. The van der Waals surface area contributed by atoms with E-state index in [2.05, 4.69) is 25.4 Å². The summed E-state index contributed by atoms with van der Waals surface area (Å²) in [6.45, 7) is 7.01. The number of carbonyl (C=O) groups is 1. The van der Waals surface area contributed by atoms with Gasteiger partial charge in [-0.05, 0) is 47.5 Å². The molecule has 0 aliphatic rings. The largest absolute Gasteiger partial charge is 0.573 e. The molecule has 2 amide bonds. The molecule has 0 heterocycles. The average Bonchev–Trinajstić information content (AvgIpc) is 2.82. The molecule has 0 bridgehead atoms. The van der Waals surface area contributed by atoms with Gasteiger partial charge in [-0.3, -0.25) is 0 Å². The van der Waals surface area contributed by atoms with Crippen LogP contribution in [-0.2, 0) is 12.6 Å². The number of urea groups is 1. The standard InChI is InChI=1S/C24H16F6N4O2/c1-31-18-7-5-15(6-8-18)13-21(16-3-2-4-17(14-16)23(25,26)27)33-34-22(35)32-19-9-11-20(12-10-19)36-24(28,29)30/h2-12,14H,13H2,(H2,32,34,35). The van der Waals surface area contributed by atoms with E-state index in [0.29, 0.717) is 11.3 Å². The fraction of sp³-hybridized carbons (Fsp3) is 0.125. The van der Waals surface area contributed by atoms with Crippen molar-refractivity contribution in [2.24, 2.45) is 5.10 Å². The zero-order valence-electron chi connectivity index (χ0n) is 18.1. The molecule has 36 heavy (non-hydrogen) atoms. The Morgan fingerprint density at radius 2 is 1.61 bits per heavy atom. The van der Waals surface area contributed by atoms with E-state index < -0.39 is 29.9 Å². The topological polar surface area (TPSA) is 67.1 Å². The second kappa shape index (κ2) is 10.8. The van der Waals surface area contributed by atoms with E-state index in [0.717, 1.165) is 36.4 Å². The molecule has 12 heteroatoms. The molecule has 0 unspecified atom stereocenters. The van der Waals surface area contributed by atoms with Gasteiger partial charge in [-0.15, -0.1) is 13.2 Å². The van der Waals surface area contributed by atoms with Crippen molar-refractivity contribution in [1.82, 2.24) is 5.43 Å². The van der Waals surface area contributed by atoms with E-state index in [9.17, 15) is 31.1 Å². The van der Waals surface area contributed by atoms with Gasteiger partial charge in [-0.25, -0.2) is 15.1 Å². The summed E-state index contributed by atoms with van der Waals surface area (Å²) in [5.41, 5.74) is 2.60. The van der Waals surface area contributed by atoms with E-state index >= 15 is 0 Å². The molecule has 6 nitrogen and oxygen atoms in total. The second-order valence-electron chi connectivity index (χ2n) is 7.23. The summed E-state index contributed by atoms with van der Waals surface area (Å²) in [4.78, 5) is 15.5. The molecular weight excluding hydrogens is 490 g/mol. The van der Waals surface area contributed by atoms with Gasteiger partial charge in [0.2, 0.25) is 0 Å². The summed E-state index contributed by atoms with van der Waals surface area (Å²) in [7, 11) is 0. The Bertz CT molecular complexity index is 1280. The Morgan fingerprint density at radius 1 is 0.944 bits per heavy atom. The molecular formula is C24H16F6N4O2. The zero-order valence-corrected chi connectivity index (χ0v) is 18.1. The van der Waals surface area contributed by atoms with Gasteiger partial charge in [0.05, 0.1) is 17.8 Å². The Morgan fingerprint density at radius 3 is 2.19 bits per heavy atom. The van der Waals surface area contributed by atoms with Gasteiger partial charge in [-0.2, -0.15) is 18.3 Å². The number of hydrogen-bond acceptors (Lipinski definition) is 3. The highest BCUT2D eigenvalue weighted by molar-refractivity contribution is 6.03. The molecule has 186 valence electrons. The fourth-order valence-electron chi connectivity index (χ4n) is 2.98. The third-order valence-electron chi connectivity index (χ3n) is 4.60. The van der Waals surface area contributed by atoms with Gasteiger partial charge in [0, 0.05) is 12.1 Å². The van der Waals surface area contributed by atoms with E-state index in [1.807, 2.05) is 0 Å². The maximum absolute atomic E-state index is 13.2. The van der Waals surface area contributed by atoms with Crippen molar-refractivity contribution in [2.75, 3.05) is 5.32 Å². The highest BCUT2D eigenvalue weighted by Crippen LogP contribution is 2.30. The molecule has 0 saturated carbocycles. The highest BCUT2D eigenvalue weighted by atomic mass is 19.4. The van der Waals surface area contributed by atoms with E-state index in [1.165, 1.54) is 12.1 Å². The highest BCUT2D eigenvalue weighted by Gasteiger charge is 2.31. The number of hydrogen-bond donors (Lipinski definition) is 2. The number of hydrazone groups is 1. The lowest BCUT2D eigenvalue weighted by Crippen LogP contribution is -2.26. The molecule has 0 atom stereocenters. The minimum Gasteiger partial charge on any atom is -0.406 e. The number of halogens is 6. The van der Waals surface area contributed by atoms with Crippen LogP contribution in [0.5, 0.6) is 5.75 Å². The van der Waals surface area contributed by atoms with Crippen LogP contribution in [0.2, 0.25) is 0 Å². The number of carbonyl (C=O) groups excluding carboxylic acids is 1. The Hall–Kier alpha value is -4.53. The first-order valence-electron chi connectivity index (χ1n) is 10.1. The van der Waals surface area contributed by atoms with Gasteiger partial charge in [0.1, 0.15) is 5.75 Å². The van der Waals surface area contributed by atoms with Gasteiger partial charge in [0.15, 0.2) is 5.69 Å². The van der Waals surface area contributed by atoms with Crippen LogP contribution in [0.15, 0.2) is 77.9 Å². The van der Waals surface area contributed by atoms with E-state index in [-0.39, 0.29) is 23.4 Å². The van der Waals surface area contributed by atoms with Crippen LogP contribution >= 0.6 is 0 Å². The molecule has 2 N–H and O–H groups in total. The summed E-state index contributed by atoms with van der Waals surface area (Å²) >= 11 is 0. The molecule has 3 rings (SSSR count). The minimum atomic E-state index is -4.86. The summed E-state index contributed by atoms with van der Waals surface area (Å²) < 4.78 is 80.1. The molecule has 0 fully saturated rings. The minimum absolute atomic E-state index is 0.0311. The summed E-state index contributed by atoms with van der Waals surface area (Å²) in [5.74, 6) is -0.484. The molecule has 3 aromatic carbocycles. The lowest BCUT2D eigenvalue weighted by Gasteiger charge is -2.12. The van der Waals surface area contributed by atoms with E-state index in [1.54, 1.807) is 24.3 Å². The number of rotatable bonds is 6. The van der Waals surface area contributed by atoms with Crippen molar-refractivity contribution in [3.63, 3.8) is 0 Å². The van der Waals surface area contributed by atoms with Gasteiger partial charge in [-0.1, -0.05) is 36.4 Å². The van der Waals surface area contributed by atoms with Crippen LogP contribution in [0.3, 0.4) is 0 Å². The lowest BCUT2D eigenvalue weighted by molar-refractivity contribution is -0.274. The predicted octanol–water partition coefficient (Wildman–Crippen LogP) is 6.92. The number of nitrogens with one attached hydrogen (secondary N) is 2.